The number of ketones is 1. The lowest BCUT2D eigenvalue weighted by Gasteiger charge is -2.06. The Balaban J connectivity index is 2.73. The number of rotatable bonds is 7. The summed E-state index contributed by atoms with van der Waals surface area (Å²) in [7, 11) is -3.51. The summed E-state index contributed by atoms with van der Waals surface area (Å²) in [6.07, 6.45) is 2.01. The summed E-state index contributed by atoms with van der Waals surface area (Å²) in [5.74, 6) is -0.174. The first kappa shape index (κ1) is 14.7. The van der Waals surface area contributed by atoms with Crippen molar-refractivity contribution in [1.82, 2.24) is 0 Å². The van der Waals surface area contributed by atoms with Crippen molar-refractivity contribution in [2.75, 3.05) is 12.4 Å². The molecule has 0 aliphatic carbocycles. The van der Waals surface area contributed by atoms with Gasteiger partial charge < -0.3 is 4.74 Å². The molecule has 0 heterocycles. The van der Waals surface area contributed by atoms with Crippen molar-refractivity contribution in [3.05, 3.63) is 24.3 Å². The van der Waals surface area contributed by atoms with Crippen molar-refractivity contribution < 1.29 is 17.9 Å². The van der Waals surface area contributed by atoms with E-state index in [4.69, 9.17) is 4.74 Å². The fourth-order valence-electron chi connectivity index (χ4n) is 1.43. The van der Waals surface area contributed by atoms with Crippen LogP contribution in [0, 0.1) is 0 Å². The zero-order chi connectivity index (χ0) is 13.6. The van der Waals surface area contributed by atoms with Crippen LogP contribution in [-0.4, -0.2) is 26.6 Å². The summed E-state index contributed by atoms with van der Waals surface area (Å²) < 4.78 is 28.9. The van der Waals surface area contributed by atoms with E-state index in [1.165, 1.54) is 19.1 Å². The molecular formula is C13H18O4S. The number of hydrogen-bond donors (Lipinski definition) is 0. The fourth-order valence-corrected chi connectivity index (χ4v) is 2.68. The Labute approximate surface area is 108 Å². The van der Waals surface area contributed by atoms with Gasteiger partial charge in [0.1, 0.15) is 17.3 Å². The fraction of sp³-hybridized carbons (Fsp3) is 0.462. The molecule has 0 aromatic heterocycles. The molecule has 0 fully saturated rings. The molecule has 0 aliphatic rings. The second-order valence-electron chi connectivity index (χ2n) is 4.13. The standard InChI is InChI=1S/C13H18O4S/c1-3-4-9-17-12-5-7-13(8-6-12)18(15,16)10-11(2)14/h5-8H,3-4,9-10H2,1-2H3. The lowest BCUT2D eigenvalue weighted by atomic mass is 10.3. The Kier molecular flexibility index (Phi) is 5.34. The maximum atomic E-state index is 11.8. The first-order valence-electron chi connectivity index (χ1n) is 5.91. The van der Waals surface area contributed by atoms with Crippen LogP contribution in [-0.2, 0) is 14.6 Å². The summed E-state index contributed by atoms with van der Waals surface area (Å²) in [4.78, 5) is 11.0. The van der Waals surface area contributed by atoms with Gasteiger partial charge in [-0.2, -0.15) is 0 Å². The molecular weight excluding hydrogens is 252 g/mol. The first-order valence-corrected chi connectivity index (χ1v) is 7.56. The van der Waals surface area contributed by atoms with Crippen molar-refractivity contribution >= 4 is 15.6 Å². The SMILES string of the molecule is CCCCOc1ccc(S(=O)(=O)CC(C)=O)cc1. The number of benzene rings is 1. The second-order valence-corrected chi connectivity index (χ2v) is 6.12. The first-order chi connectivity index (χ1) is 8.45. The average molecular weight is 270 g/mol. The van der Waals surface area contributed by atoms with E-state index in [0.29, 0.717) is 12.4 Å². The maximum Gasteiger partial charge on any atom is 0.185 e. The molecule has 1 aromatic rings. The van der Waals surface area contributed by atoms with Gasteiger partial charge in [-0.05, 0) is 37.6 Å². The van der Waals surface area contributed by atoms with E-state index in [1.807, 2.05) is 0 Å². The van der Waals surface area contributed by atoms with Gasteiger partial charge in [-0.25, -0.2) is 8.42 Å². The van der Waals surface area contributed by atoms with E-state index < -0.39 is 15.6 Å². The highest BCUT2D eigenvalue weighted by molar-refractivity contribution is 7.92. The molecule has 18 heavy (non-hydrogen) atoms. The topological polar surface area (TPSA) is 60.4 Å². The van der Waals surface area contributed by atoms with Crippen LogP contribution >= 0.6 is 0 Å². The van der Waals surface area contributed by atoms with Crippen molar-refractivity contribution in [1.29, 1.82) is 0 Å². The summed E-state index contributed by atoms with van der Waals surface area (Å²) in [5, 5.41) is 0. The highest BCUT2D eigenvalue weighted by atomic mass is 32.2. The molecule has 0 spiro atoms. The Hall–Kier alpha value is -1.36. The molecule has 0 N–H and O–H groups in total. The molecule has 0 bridgehead atoms. The van der Waals surface area contributed by atoms with Crippen LogP contribution in [0.1, 0.15) is 26.7 Å². The van der Waals surface area contributed by atoms with E-state index in [0.717, 1.165) is 12.8 Å². The van der Waals surface area contributed by atoms with Crippen LogP contribution in [0.2, 0.25) is 0 Å². The Morgan fingerprint density at radius 3 is 2.33 bits per heavy atom. The zero-order valence-electron chi connectivity index (χ0n) is 10.7. The van der Waals surface area contributed by atoms with Gasteiger partial charge in [0.25, 0.3) is 0 Å². The molecule has 1 aromatic carbocycles. The van der Waals surface area contributed by atoms with Gasteiger partial charge in [-0.15, -0.1) is 0 Å². The summed E-state index contributed by atoms with van der Waals surface area (Å²) in [6.45, 7) is 3.95. The van der Waals surface area contributed by atoms with E-state index in [2.05, 4.69) is 6.92 Å². The summed E-state index contributed by atoms with van der Waals surface area (Å²) in [6, 6.07) is 6.17. The van der Waals surface area contributed by atoms with Crippen LogP contribution in [0.15, 0.2) is 29.2 Å². The van der Waals surface area contributed by atoms with Crippen molar-refractivity contribution in [3.63, 3.8) is 0 Å². The smallest absolute Gasteiger partial charge is 0.185 e. The van der Waals surface area contributed by atoms with Crippen LogP contribution in [0.5, 0.6) is 5.75 Å². The van der Waals surface area contributed by atoms with E-state index in [-0.39, 0.29) is 10.7 Å². The molecule has 0 saturated carbocycles. The Morgan fingerprint density at radius 1 is 1.22 bits per heavy atom. The molecule has 1 rings (SSSR count). The minimum absolute atomic E-state index is 0.153. The number of carbonyl (C=O) groups is 1. The minimum atomic E-state index is -3.51. The second kappa shape index (κ2) is 6.54. The molecule has 100 valence electrons. The lowest BCUT2D eigenvalue weighted by Crippen LogP contribution is -2.13. The molecule has 0 unspecified atom stereocenters. The third kappa shape index (κ3) is 4.49. The Morgan fingerprint density at radius 2 is 1.83 bits per heavy atom. The largest absolute Gasteiger partial charge is 0.494 e. The third-order valence-corrected chi connectivity index (χ3v) is 4.12. The van der Waals surface area contributed by atoms with Crippen LogP contribution < -0.4 is 4.74 Å². The van der Waals surface area contributed by atoms with Gasteiger partial charge in [-0.3, -0.25) is 4.79 Å². The van der Waals surface area contributed by atoms with Crippen LogP contribution in [0.4, 0.5) is 0 Å². The summed E-state index contributed by atoms with van der Waals surface area (Å²) >= 11 is 0. The number of hydrogen-bond acceptors (Lipinski definition) is 4. The molecule has 0 amide bonds. The van der Waals surface area contributed by atoms with Crippen molar-refractivity contribution in [2.45, 2.75) is 31.6 Å². The molecule has 5 heteroatoms. The van der Waals surface area contributed by atoms with E-state index in [9.17, 15) is 13.2 Å². The number of Topliss-reactive ketones (excluding diaryl/α,β-unsaturated/α-hetero) is 1. The highest BCUT2D eigenvalue weighted by Gasteiger charge is 2.16. The average Bonchev–Trinajstić information content (AvgIpc) is 2.28. The maximum absolute atomic E-state index is 11.8. The lowest BCUT2D eigenvalue weighted by molar-refractivity contribution is -0.114. The number of ether oxygens (including phenoxy) is 1. The molecule has 0 atom stereocenters. The number of carbonyl (C=O) groups excluding carboxylic acids is 1. The van der Waals surface area contributed by atoms with Crippen LogP contribution in [0.3, 0.4) is 0 Å². The number of unbranched alkanes of at least 4 members (excludes halogenated alkanes) is 1. The predicted octanol–water partition coefficient (Wildman–Crippen LogP) is 2.23. The minimum Gasteiger partial charge on any atom is -0.494 e. The van der Waals surface area contributed by atoms with Gasteiger partial charge in [0.2, 0.25) is 0 Å². The molecule has 4 nitrogen and oxygen atoms in total. The zero-order valence-corrected chi connectivity index (χ0v) is 11.5. The van der Waals surface area contributed by atoms with E-state index in [1.54, 1.807) is 12.1 Å². The normalized spacial score (nSPS) is 11.2. The van der Waals surface area contributed by atoms with Gasteiger partial charge in [-0.1, -0.05) is 13.3 Å². The third-order valence-electron chi connectivity index (χ3n) is 2.34. The highest BCUT2D eigenvalue weighted by Crippen LogP contribution is 2.17. The number of sulfone groups is 1. The van der Waals surface area contributed by atoms with Crippen molar-refractivity contribution in [3.8, 4) is 5.75 Å². The molecule has 0 radical (unpaired) electrons. The summed E-state index contributed by atoms with van der Waals surface area (Å²) in [5.41, 5.74) is 0. The molecule has 0 saturated heterocycles. The predicted molar refractivity (Wildman–Crippen MR) is 69.6 cm³/mol. The van der Waals surface area contributed by atoms with Crippen molar-refractivity contribution in [2.24, 2.45) is 0 Å². The molecule has 0 aliphatic heterocycles. The monoisotopic (exact) mass is 270 g/mol. The van der Waals surface area contributed by atoms with Gasteiger partial charge >= 0.3 is 0 Å². The Bertz CT molecular complexity index is 488. The quantitative estimate of drug-likeness (QED) is 0.713. The van der Waals surface area contributed by atoms with Crippen LogP contribution in [0.25, 0.3) is 0 Å². The van der Waals surface area contributed by atoms with Gasteiger partial charge in [0.15, 0.2) is 9.84 Å². The van der Waals surface area contributed by atoms with Gasteiger partial charge in [0, 0.05) is 0 Å². The van der Waals surface area contributed by atoms with Gasteiger partial charge in [0.05, 0.1) is 11.5 Å². The van der Waals surface area contributed by atoms with E-state index >= 15 is 0 Å².